The Morgan fingerprint density at radius 1 is 1.29 bits per heavy atom. The van der Waals surface area contributed by atoms with Crippen LogP contribution in [-0.4, -0.2) is 14.7 Å². The van der Waals surface area contributed by atoms with E-state index in [2.05, 4.69) is 15.9 Å². The minimum Gasteiger partial charge on any atom is -0.323 e. The number of rotatable bonds is 3. The topological polar surface area (TPSA) is 43.1 Å². The Bertz CT molecular complexity index is 375. The van der Waals surface area contributed by atoms with E-state index in [1.807, 2.05) is 51.1 Å². The van der Waals surface area contributed by atoms with Crippen LogP contribution in [0.15, 0.2) is 30.3 Å². The Kier molecular flexibility index (Phi) is 5.22. The predicted molar refractivity (Wildman–Crippen MR) is 78.4 cm³/mol. The molecule has 0 bridgehead atoms. The lowest BCUT2D eigenvalue weighted by Crippen LogP contribution is -2.29. The number of halogens is 1. The van der Waals surface area contributed by atoms with Gasteiger partial charge in [-0.3, -0.25) is 4.79 Å². The summed E-state index contributed by atoms with van der Waals surface area (Å²) in [7, 11) is 0. The quantitative estimate of drug-likeness (QED) is 0.868. The maximum Gasteiger partial charge on any atom is 0.205 e. The lowest BCUT2D eigenvalue weighted by molar-refractivity contribution is -0.110. The summed E-state index contributed by atoms with van der Waals surface area (Å²) in [6.45, 7) is 6.05. The fourth-order valence-corrected chi connectivity index (χ4v) is 2.80. The fourth-order valence-electron chi connectivity index (χ4n) is 1.35. The van der Waals surface area contributed by atoms with Gasteiger partial charge in [0.05, 0.1) is 6.04 Å². The molecule has 0 aliphatic rings. The summed E-state index contributed by atoms with van der Waals surface area (Å²) >= 11 is 4.72. The molecule has 0 heterocycles. The maximum atomic E-state index is 12.0. The molecule has 0 fully saturated rings. The minimum atomic E-state index is -0.353. The first-order valence-corrected chi connectivity index (χ1v) is 7.22. The summed E-state index contributed by atoms with van der Waals surface area (Å²) in [6.07, 6.45) is 0. The molecule has 0 amide bonds. The van der Waals surface area contributed by atoms with Crippen LogP contribution in [0.3, 0.4) is 0 Å². The van der Waals surface area contributed by atoms with Crippen LogP contribution in [0, 0.1) is 0 Å². The molecule has 0 spiro atoms. The molecule has 0 radical (unpaired) electrons. The second-order valence-electron chi connectivity index (χ2n) is 4.87. The van der Waals surface area contributed by atoms with Gasteiger partial charge in [-0.2, -0.15) is 0 Å². The van der Waals surface area contributed by atoms with E-state index in [0.717, 1.165) is 5.56 Å². The van der Waals surface area contributed by atoms with E-state index >= 15 is 0 Å². The number of hydrogen-bond donors (Lipinski definition) is 1. The molecule has 2 N–H and O–H groups in total. The predicted octanol–water partition coefficient (Wildman–Crippen LogP) is 3.51. The number of thioether (sulfide) groups is 1. The maximum absolute atomic E-state index is 12.0. The number of carbonyl (C=O) groups is 1. The van der Waals surface area contributed by atoms with Gasteiger partial charge in [-0.05, 0) is 5.56 Å². The Morgan fingerprint density at radius 2 is 1.82 bits per heavy atom. The molecule has 94 valence electrons. The van der Waals surface area contributed by atoms with Crippen LogP contribution in [0.25, 0.3) is 0 Å². The zero-order chi connectivity index (χ0) is 13.1. The Hall–Kier alpha value is -0.320. The first-order chi connectivity index (χ1) is 7.81. The van der Waals surface area contributed by atoms with Crippen LogP contribution in [0.1, 0.15) is 32.4 Å². The zero-order valence-electron chi connectivity index (χ0n) is 10.3. The van der Waals surface area contributed by atoms with E-state index in [9.17, 15) is 4.79 Å². The van der Waals surface area contributed by atoms with E-state index in [1.54, 1.807) is 0 Å². The highest BCUT2D eigenvalue weighted by Gasteiger charge is 2.28. The van der Waals surface area contributed by atoms with E-state index in [1.165, 1.54) is 11.8 Å². The summed E-state index contributed by atoms with van der Waals surface area (Å²) < 4.78 is -0.0838. The van der Waals surface area contributed by atoms with E-state index in [-0.39, 0.29) is 20.7 Å². The van der Waals surface area contributed by atoms with Gasteiger partial charge in [0.1, 0.15) is 4.83 Å². The monoisotopic (exact) mass is 315 g/mol. The van der Waals surface area contributed by atoms with Gasteiger partial charge >= 0.3 is 0 Å². The smallest absolute Gasteiger partial charge is 0.205 e. The first kappa shape index (κ1) is 14.7. The van der Waals surface area contributed by atoms with Gasteiger partial charge in [0.2, 0.25) is 5.12 Å². The molecule has 0 aliphatic carbocycles. The van der Waals surface area contributed by atoms with Gasteiger partial charge in [0.25, 0.3) is 0 Å². The van der Waals surface area contributed by atoms with Gasteiger partial charge in [0, 0.05) is 4.75 Å². The van der Waals surface area contributed by atoms with Crippen LogP contribution in [-0.2, 0) is 4.79 Å². The molecule has 0 saturated heterocycles. The average Bonchev–Trinajstić information content (AvgIpc) is 2.26. The Labute approximate surface area is 115 Å². The number of benzene rings is 1. The summed E-state index contributed by atoms with van der Waals surface area (Å²) in [5.74, 6) is 0. The van der Waals surface area contributed by atoms with Gasteiger partial charge in [-0.1, -0.05) is 78.8 Å². The number of hydrogen-bond acceptors (Lipinski definition) is 3. The van der Waals surface area contributed by atoms with Crippen molar-refractivity contribution in [3.63, 3.8) is 0 Å². The molecular weight excluding hydrogens is 298 g/mol. The molecule has 0 aromatic heterocycles. The van der Waals surface area contributed by atoms with Crippen LogP contribution in [0.5, 0.6) is 0 Å². The lowest BCUT2D eigenvalue weighted by atomic mass is 10.1. The number of carbonyl (C=O) groups excluding carboxylic acids is 1. The second-order valence-corrected chi connectivity index (χ2v) is 7.69. The van der Waals surface area contributed by atoms with Gasteiger partial charge in [-0.25, -0.2) is 0 Å². The van der Waals surface area contributed by atoms with Crippen molar-refractivity contribution in [1.29, 1.82) is 0 Å². The van der Waals surface area contributed by atoms with Crippen molar-refractivity contribution in [3.05, 3.63) is 35.9 Å². The third-order valence-corrected chi connectivity index (χ3v) is 4.49. The standard InChI is InChI=1S/C13H18BrNOS/c1-13(2,3)17-12(16)10(14)11(15)9-7-5-4-6-8-9/h4-8,10-11H,15H2,1-3H3/t10-,11-/m0/s1. The molecular formula is C13H18BrNOS. The molecule has 0 unspecified atom stereocenters. The summed E-state index contributed by atoms with van der Waals surface area (Å²) in [5.41, 5.74) is 7.05. The number of nitrogens with two attached hydrogens (primary N) is 1. The SMILES string of the molecule is CC(C)(C)SC(=O)[C@@H](Br)[C@@H](N)c1ccccc1. The highest BCUT2D eigenvalue weighted by molar-refractivity contribution is 9.10. The van der Waals surface area contributed by atoms with Gasteiger partial charge in [-0.15, -0.1) is 0 Å². The second kappa shape index (κ2) is 6.03. The largest absolute Gasteiger partial charge is 0.323 e. The van der Waals surface area contributed by atoms with Crippen molar-refractivity contribution in [3.8, 4) is 0 Å². The normalized spacial score (nSPS) is 15.4. The Balaban J connectivity index is 2.70. The van der Waals surface area contributed by atoms with Crippen molar-refractivity contribution in [2.45, 2.75) is 36.4 Å². The fraction of sp³-hybridized carbons (Fsp3) is 0.462. The average molecular weight is 316 g/mol. The first-order valence-electron chi connectivity index (χ1n) is 5.49. The summed E-state index contributed by atoms with van der Waals surface area (Å²) in [4.78, 5) is 11.7. The minimum absolute atomic E-state index is 0.0776. The van der Waals surface area contributed by atoms with Crippen LogP contribution < -0.4 is 5.73 Å². The molecule has 0 saturated carbocycles. The van der Waals surface area contributed by atoms with E-state index in [4.69, 9.17) is 5.73 Å². The molecule has 17 heavy (non-hydrogen) atoms. The molecule has 4 heteroatoms. The highest BCUT2D eigenvalue weighted by Crippen LogP contribution is 2.31. The van der Waals surface area contributed by atoms with E-state index < -0.39 is 0 Å². The van der Waals surface area contributed by atoms with Crippen molar-refractivity contribution in [1.82, 2.24) is 0 Å². The van der Waals surface area contributed by atoms with Crippen molar-refractivity contribution in [2.75, 3.05) is 0 Å². The van der Waals surface area contributed by atoms with Crippen molar-refractivity contribution < 1.29 is 4.79 Å². The molecule has 0 aliphatic heterocycles. The lowest BCUT2D eigenvalue weighted by Gasteiger charge is -2.22. The third-order valence-electron chi connectivity index (χ3n) is 2.13. The summed E-state index contributed by atoms with van der Waals surface area (Å²) in [5, 5.41) is 0.0776. The van der Waals surface area contributed by atoms with Crippen LogP contribution in [0.2, 0.25) is 0 Å². The van der Waals surface area contributed by atoms with Crippen LogP contribution in [0.4, 0.5) is 0 Å². The van der Waals surface area contributed by atoms with Gasteiger partial charge < -0.3 is 5.73 Å². The molecule has 2 nitrogen and oxygen atoms in total. The van der Waals surface area contributed by atoms with Crippen LogP contribution >= 0.6 is 27.7 Å². The van der Waals surface area contributed by atoms with Crippen molar-refractivity contribution >= 4 is 32.8 Å². The Morgan fingerprint density at radius 3 is 2.29 bits per heavy atom. The van der Waals surface area contributed by atoms with Gasteiger partial charge in [0.15, 0.2) is 0 Å². The molecule has 1 rings (SSSR count). The highest BCUT2D eigenvalue weighted by atomic mass is 79.9. The molecule has 2 atom stereocenters. The zero-order valence-corrected chi connectivity index (χ0v) is 12.7. The number of alkyl halides is 1. The molecule has 1 aromatic rings. The third kappa shape index (κ3) is 4.82. The van der Waals surface area contributed by atoms with Crippen molar-refractivity contribution in [2.24, 2.45) is 5.73 Å². The molecule has 1 aromatic carbocycles. The summed E-state index contributed by atoms with van der Waals surface area (Å²) in [6, 6.07) is 9.36. The van der Waals surface area contributed by atoms with E-state index in [0.29, 0.717) is 0 Å².